The van der Waals surface area contributed by atoms with Gasteiger partial charge in [0.15, 0.2) is 5.13 Å². The highest BCUT2D eigenvalue weighted by Gasteiger charge is 2.31. The molecule has 1 saturated heterocycles. The number of anilines is 2. The Morgan fingerprint density at radius 3 is 3.00 bits per heavy atom. The molecule has 0 radical (unpaired) electrons. The number of ether oxygens (including phenoxy) is 1. The molecule has 2 aromatic rings. The van der Waals surface area contributed by atoms with E-state index in [-0.39, 0.29) is 18.4 Å². The van der Waals surface area contributed by atoms with E-state index >= 15 is 0 Å². The second kappa shape index (κ2) is 7.38. The third kappa shape index (κ3) is 3.40. The fourth-order valence-electron chi connectivity index (χ4n) is 3.54. The van der Waals surface area contributed by atoms with Crippen LogP contribution in [0.1, 0.15) is 42.0 Å². The quantitative estimate of drug-likeness (QED) is 0.839. The van der Waals surface area contributed by atoms with Gasteiger partial charge in [-0.1, -0.05) is 29.4 Å². The van der Waals surface area contributed by atoms with Gasteiger partial charge in [-0.15, -0.1) is 6.42 Å². The highest BCUT2D eigenvalue weighted by molar-refractivity contribution is 7.16. The number of thiazole rings is 1. The van der Waals surface area contributed by atoms with Gasteiger partial charge >= 0.3 is 0 Å². The van der Waals surface area contributed by atoms with Crippen molar-refractivity contribution >= 4 is 28.2 Å². The predicted octanol–water partition coefficient (Wildman–Crippen LogP) is 3.62. The van der Waals surface area contributed by atoms with Crippen molar-refractivity contribution in [3.63, 3.8) is 0 Å². The maximum atomic E-state index is 12.2. The van der Waals surface area contributed by atoms with E-state index in [1.165, 1.54) is 19.3 Å². The van der Waals surface area contributed by atoms with Crippen molar-refractivity contribution in [3.8, 4) is 18.1 Å². The molecule has 1 amide bonds. The van der Waals surface area contributed by atoms with Crippen LogP contribution in [0.3, 0.4) is 0 Å². The van der Waals surface area contributed by atoms with E-state index in [0.29, 0.717) is 12.2 Å². The fourth-order valence-corrected chi connectivity index (χ4v) is 4.74. The third-order valence-corrected chi connectivity index (χ3v) is 6.04. The van der Waals surface area contributed by atoms with Crippen molar-refractivity contribution in [3.05, 3.63) is 34.7 Å². The number of carbonyl (C=O) groups excluding carboxylic acids is 1. The number of nitrogens with zero attached hydrogens (tertiary/aromatic N) is 2. The number of piperidine rings is 1. The first-order valence-electron chi connectivity index (χ1n) is 8.96. The first-order valence-corrected chi connectivity index (χ1v) is 9.78. The molecule has 1 aromatic heterocycles. The molecule has 1 fully saturated rings. The number of fused-ring (bicyclic) bond motifs is 1. The second-order valence-corrected chi connectivity index (χ2v) is 7.64. The molecule has 1 aromatic carbocycles. The Balaban J connectivity index is 1.65. The van der Waals surface area contributed by atoms with Crippen molar-refractivity contribution in [2.24, 2.45) is 0 Å². The van der Waals surface area contributed by atoms with E-state index in [0.717, 1.165) is 34.4 Å². The van der Waals surface area contributed by atoms with Gasteiger partial charge in [-0.25, -0.2) is 4.98 Å². The zero-order chi connectivity index (χ0) is 17.9. The van der Waals surface area contributed by atoms with Crippen LogP contribution < -0.4 is 15.0 Å². The van der Waals surface area contributed by atoms with Crippen molar-refractivity contribution in [1.29, 1.82) is 0 Å². The van der Waals surface area contributed by atoms with Crippen molar-refractivity contribution < 1.29 is 9.53 Å². The summed E-state index contributed by atoms with van der Waals surface area (Å²) in [7, 11) is 0. The lowest BCUT2D eigenvalue weighted by Gasteiger charge is -2.25. The minimum Gasteiger partial charge on any atom is -0.481 e. The lowest BCUT2D eigenvalue weighted by Crippen LogP contribution is -2.29. The molecule has 2 aliphatic rings. The van der Waals surface area contributed by atoms with Crippen molar-refractivity contribution in [2.45, 2.75) is 31.6 Å². The standard InChI is InChI=1S/C20H21N3O2S/c1-2-11-25-15-8-6-7-14(12-15)16-13-17(24)21-19-18(16)26-20(22-19)23-9-4-3-5-10-23/h1,6-8,12,16H,3-5,9-11,13H2,(H,21,24). The maximum absolute atomic E-state index is 12.2. The number of amides is 1. The number of hydrogen-bond donors (Lipinski definition) is 1. The molecule has 2 aliphatic heterocycles. The summed E-state index contributed by atoms with van der Waals surface area (Å²) in [5.74, 6) is 3.93. The molecular weight excluding hydrogens is 346 g/mol. The highest BCUT2D eigenvalue weighted by Crippen LogP contribution is 2.44. The minimum atomic E-state index is 0.00387. The summed E-state index contributed by atoms with van der Waals surface area (Å²) in [5, 5.41) is 3.96. The molecule has 1 atom stereocenters. The smallest absolute Gasteiger partial charge is 0.226 e. The highest BCUT2D eigenvalue weighted by atomic mass is 32.1. The second-order valence-electron chi connectivity index (χ2n) is 6.63. The molecular formula is C20H21N3O2S. The summed E-state index contributed by atoms with van der Waals surface area (Å²) in [4.78, 5) is 20.4. The Morgan fingerprint density at radius 2 is 2.19 bits per heavy atom. The molecule has 3 heterocycles. The monoisotopic (exact) mass is 367 g/mol. The van der Waals surface area contributed by atoms with E-state index in [2.05, 4.69) is 16.1 Å². The van der Waals surface area contributed by atoms with E-state index in [9.17, 15) is 4.79 Å². The van der Waals surface area contributed by atoms with Gasteiger partial charge in [-0.3, -0.25) is 4.79 Å². The van der Waals surface area contributed by atoms with Crippen LogP contribution in [0.4, 0.5) is 10.9 Å². The van der Waals surface area contributed by atoms with E-state index < -0.39 is 0 Å². The number of aromatic nitrogens is 1. The zero-order valence-electron chi connectivity index (χ0n) is 14.5. The van der Waals surface area contributed by atoms with E-state index in [1.807, 2.05) is 24.3 Å². The molecule has 5 nitrogen and oxygen atoms in total. The summed E-state index contributed by atoms with van der Waals surface area (Å²) >= 11 is 1.70. The van der Waals surface area contributed by atoms with Gasteiger partial charge in [-0.05, 0) is 37.0 Å². The number of benzene rings is 1. The van der Waals surface area contributed by atoms with Crippen LogP contribution >= 0.6 is 11.3 Å². The van der Waals surface area contributed by atoms with Gasteiger partial charge in [0, 0.05) is 25.4 Å². The average molecular weight is 367 g/mol. The van der Waals surface area contributed by atoms with Crippen molar-refractivity contribution in [1.82, 2.24) is 4.98 Å². The topological polar surface area (TPSA) is 54.5 Å². The van der Waals surface area contributed by atoms with Gasteiger partial charge < -0.3 is 15.0 Å². The molecule has 0 saturated carbocycles. The van der Waals surface area contributed by atoms with E-state index in [4.69, 9.17) is 16.1 Å². The van der Waals surface area contributed by atoms with Gasteiger partial charge in [-0.2, -0.15) is 0 Å². The summed E-state index contributed by atoms with van der Waals surface area (Å²) in [6, 6.07) is 7.84. The fraction of sp³-hybridized carbons (Fsp3) is 0.400. The van der Waals surface area contributed by atoms with Crippen LogP contribution in [0.5, 0.6) is 5.75 Å². The number of terminal acetylenes is 1. The van der Waals surface area contributed by atoms with Crippen molar-refractivity contribution in [2.75, 3.05) is 29.9 Å². The minimum absolute atomic E-state index is 0.00387. The molecule has 1 N–H and O–H groups in total. The first kappa shape index (κ1) is 16.9. The molecule has 26 heavy (non-hydrogen) atoms. The number of rotatable bonds is 4. The molecule has 4 rings (SSSR count). The molecule has 0 bridgehead atoms. The third-order valence-electron chi connectivity index (χ3n) is 4.82. The number of carbonyl (C=O) groups is 1. The summed E-state index contributed by atoms with van der Waals surface area (Å²) < 4.78 is 5.54. The predicted molar refractivity (Wildman–Crippen MR) is 104 cm³/mol. The van der Waals surface area contributed by atoms with Crippen LogP contribution in [0.2, 0.25) is 0 Å². The maximum Gasteiger partial charge on any atom is 0.226 e. The molecule has 0 aliphatic carbocycles. The molecule has 6 heteroatoms. The number of nitrogens with one attached hydrogen (secondary N) is 1. The van der Waals surface area contributed by atoms with Crippen LogP contribution in [0.15, 0.2) is 24.3 Å². The lowest BCUT2D eigenvalue weighted by atomic mass is 9.91. The van der Waals surface area contributed by atoms with Crippen LogP contribution in [-0.2, 0) is 4.79 Å². The molecule has 134 valence electrons. The van der Waals surface area contributed by atoms with Crippen LogP contribution in [-0.4, -0.2) is 30.6 Å². The summed E-state index contributed by atoms with van der Waals surface area (Å²) in [6.07, 6.45) is 9.39. The Morgan fingerprint density at radius 1 is 1.35 bits per heavy atom. The van der Waals surface area contributed by atoms with Gasteiger partial charge in [0.05, 0.1) is 4.88 Å². The summed E-state index contributed by atoms with van der Waals surface area (Å²) in [5.41, 5.74) is 1.06. The molecule has 0 spiro atoms. The lowest BCUT2D eigenvalue weighted by molar-refractivity contribution is -0.116. The van der Waals surface area contributed by atoms with Gasteiger partial charge in [0.25, 0.3) is 0 Å². The number of hydrogen-bond acceptors (Lipinski definition) is 5. The molecule has 1 unspecified atom stereocenters. The van der Waals surface area contributed by atoms with Gasteiger partial charge in [0.2, 0.25) is 5.91 Å². The average Bonchev–Trinajstić information content (AvgIpc) is 3.10. The Kier molecular flexibility index (Phi) is 4.81. The Labute approximate surface area is 157 Å². The zero-order valence-corrected chi connectivity index (χ0v) is 15.3. The SMILES string of the molecule is C#CCOc1cccc(C2CC(=O)Nc3nc(N4CCCCC4)sc32)c1. The van der Waals surface area contributed by atoms with E-state index in [1.54, 1.807) is 11.3 Å². The summed E-state index contributed by atoms with van der Waals surface area (Å²) in [6.45, 7) is 2.32. The Bertz CT molecular complexity index is 849. The normalized spacial score (nSPS) is 19.4. The Hall–Kier alpha value is -2.52. The first-order chi connectivity index (χ1) is 12.7. The largest absolute Gasteiger partial charge is 0.481 e. The van der Waals surface area contributed by atoms with Gasteiger partial charge in [0.1, 0.15) is 18.2 Å². The van der Waals surface area contributed by atoms with Crippen LogP contribution in [0.25, 0.3) is 0 Å². The van der Waals surface area contributed by atoms with Crippen LogP contribution in [0, 0.1) is 12.3 Å².